The molecule has 8 nitrogen and oxygen atoms in total. The highest BCUT2D eigenvalue weighted by atomic mass is 32.1. The summed E-state index contributed by atoms with van der Waals surface area (Å²) in [5.41, 5.74) is 5.90. The lowest BCUT2D eigenvalue weighted by atomic mass is 10.1. The second kappa shape index (κ2) is 10.2. The van der Waals surface area contributed by atoms with Gasteiger partial charge in [0.1, 0.15) is 13.2 Å². The van der Waals surface area contributed by atoms with Gasteiger partial charge in [-0.05, 0) is 12.0 Å². The molecule has 0 saturated heterocycles. The third-order valence-electron chi connectivity index (χ3n) is 2.91. The maximum absolute atomic E-state index is 11.9. The number of carbonyl (C=O) groups is 3. The minimum atomic E-state index is -1.10. The summed E-state index contributed by atoms with van der Waals surface area (Å²) in [6.07, 6.45) is -0.604. The maximum Gasteiger partial charge on any atom is 0.408 e. The molecule has 24 heavy (non-hydrogen) atoms. The van der Waals surface area contributed by atoms with E-state index < -0.39 is 30.6 Å². The Balaban J connectivity index is 2.55. The predicted octanol–water partition coefficient (Wildman–Crippen LogP) is 0.548. The Morgan fingerprint density at radius 3 is 2.50 bits per heavy atom. The molecule has 0 saturated carbocycles. The van der Waals surface area contributed by atoms with Crippen LogP contribution in [0.5, 0.6) is 0 Å². The van der Waals surface area contributed by atoms with Gasteiger partial charge in [0.15, 0.2) is 0 Å². The first-order chi connectivity index (χ1) is 11.4. The van der Waals surface area contributed by atoms with Crippen molar-refractivity contribution in [3.05, 3.63) is 35.9 Å². The van der Waals surface area contributed by atoms with Crippen molar-refractivity contribution in [1.29, 1.82) is 0 Å². The number of ether oxygens (including phenoxy) is 1. The van der Waals surface area contributed by atoms with Gasteiger partial charge in [-0.2, -0.15) is 0 Å². The van der Waals surface area contributed by atoms with Crippen molar-refractivity contribution in [1.82, 2.24) is 10.6 Å². The summed E-state index contributed by atoms with van der Waals surface area (Å²) in [6.45, 7) is -0.322. The van der Waals surface area contributed by atoms with Gasteiger partial charge in [0.05, 0.1) is 11.0 Å². The summed E-state index contributed by atoms with van der Waals surface area (Å²) < 4.78 is 5.07. The molecule has 0 aromatic heterocycles. The van der Waals surface area contributed by atoms with Crippen LogP contribution < -0.4 is 16.4 Å². The van der Waals surface area contributed by atoms with Crippen LogP contribution in [0, 0.1) is 0 Å². The first-order valence-corrected chi connectivity index (χ1v) is 7.54. The zero-order chi connectivity index (χ0) is 17.9. The summed E-state index contributed by atoms with van der Waals surface area (Å²) in [5, 5.41) is 13.6. The van der Waals surface area contributed by atoms with Crippen molar-refractivity contribution >= 4 is 35.2 Å². The van der Waals surface area contributed by atoms with Gasteiger partial charge in [0.2, 0.25) is 5.91 Å². The van der Waals surface area contributed by atoms with Crippen LogP contribution >= 0.6 is 12.2 Å². The van der Waals surface area contributed by atoms with Crippen LogP contribution in [0.3, 0.4) is 0 Å². The molecule has 0 aliphatic heterocycles. The molecule has 0 aliphatic rings. The van der Waals surface area contributed by atoms with Gasteiger partial charge in [-0.25, -0.2) is 4.79 Å². The highest BCUT2D eigenvalue weighted by molar-refractivity contribution is 7.80. The molecule has 0 bridgehead atoms. The molecular weight excluding hydrogens is 334 g/mol. The van der Waals surface area contributed by atoms with Crippen LogP contribution in [0.15, 0.2) is 30.3 Å². The van der Waals surface area contributed by atoms with Crippen LogP contribution in [0.2, 0.25) is 0 Å². The Kier molecular flexibility index (Phi) is 8.20. The molecule has 1 atom stereocenters. The number of carboxylic acid groups (broad SMARTS) is 1. The number of carbonyl (C=O) groups excluding carboxylic acids is 2. The predicted molar refractivity (Wildman–Crippen MR) is 90.2 cm³/mol. The largest absolute Gasteiger partial charge is 0.480 e. The molecule has 1 aromatic rings. The normalized spacial score (nSPS) is 11.2. The fourth-order valence-corrected chi connectivity index (χ4v) is 2.00. The molecule has 130 valence electrons. The van der Waals surface area contributed by atoms with E-state index in [-0.39, 0.29) is 24.4 Å². The number of thiocarbonyl (C=S) groups is 1. The van der Waals surface area contributed by atoms with Crippen molar-refractivity contribution in [2.45, 2.75) is 25.5 Å². The number of alkyl carbamates (subject to hydrolysis) is 1. The Bertz CT molecular complexity index is 594. The Labute approximate surface area is 144 Å². The van der Waals surface area contributed by atoms with Crippen molar-refractivity contribution in [3.63, 3.8) is 0 Å². The molecule has 1 rings (SSSR count). The van der Waals surface area contributed by atoms with E-state index in [1.807, 2.05) is 18.2 Å². The van der Waals surface area contributed by atoms with Gasteiger partial charge >= 0.3 is 12.1 Å². The Morgan fingerprint density at radius 1 is 1.25 bits per heavy atom. The number of aliphatic carboxylic acids is 1. The first-order valence-electron chi connectivity index (χ1n) is 7.13. The highest BCUT2D eigenvalue weighted by Crippen LogP contribution is 2.03. The fourth-order valence-electron chi connectivity index (χ4n) is 1.75. The quantitative estimate of drug-likeness (QED) is 0.477. The van der Waals surface area contributed by atoms with Crippen molar-refractivity contribution < 1.29 is 24.2 Å². The molecule has 1 unspecified atom stereocenters. The molecule has 0 heterocycles. The summed E-state index contributed by atoms with van der Waals surface area (Å²) in [5.74, 6) is -1.65. The van der Waals surface area contributed by atoms with Crippen LogP contribution in [-0.2, 0) is 20.9 Å². The SMILES string of the molecule is NC(=O)CCC(NC(=O)OCc1ccccc1)C(=S)NCC(=O)O. The minimum Gasteiger partial charge on any atom is -0.480 e. The molecule has 2 amide bonds. The lowest BCUT2D eigenvalue weighted by Crippen LogP contribution is -2.47. The second-order valence-corrected chi connectivity index (χ2v) is 5.32. The molecule has 0 spiro atoms. The van der Waals surface area contributed by atoms with E-state index in [1.54, 1.807) is 12.1 Å². The Hall–Kier alpha value is -2.68. The van der Waals surface area contributed by atoms with E-state index in [1.165, 1.54) is 0 Å². The topological polar surface area (TPSA) is 131 Å². The van der Waals surface area contributed by atoms with Gasteiger partial charge in [-0.3, -0.25) is 9.59 Å². The zero-order valence-corrected chi connectivity index (χ0v) is 13.7. The average Bonchev–Trinajstić information content (AvgIpc) is 2.55. The minimum absolute atomic E-state index is 0.0154. The Morgan fingerprint density at radius 2 is 1.92 bits per heavy atom. The van der Waals surface area contributed by atoms with Gasteiger partial charge in [0, 0.05) is 6.42 Å². The van der Waals surface area contributed by atoms with Gasteiger partial charge in [-0.15, -0.1) is 0 Å². The smallest absolute Gasteiger partial charge is 0.408 e. The van der Waals surface area contributed by atoms with Gasteiger partial charge in [-0.1, -0.05) is 42.5 Å². The standard InChI is InChI=1S/C15H19N3O5S/c16-12(19)7-6-11(14(24)17-8-13(20)21)18-15(22)23-9-10-4-2-1-3-5-10/h1-5,11H,6-9H2,(H2,16,19)(H,17,24)(H,18,22)(H,20,21). The lowest BCUT2D eigenvalue weighted by Gasteiger charge is -2.19. The molecule has 9 heteroatoms. The maximum atomic E-state index is 11.9. The zero-order valence-electron chi connectivity index (χ0n) is 12.9. The molecule has 0 aliphatic carbocycles. The number of primary amides is 1. The monoisotopic (exact) mass is 353 g/mol. The van der Waals surface area contributed by atoms with E-state index >= 15 is 0 Å². The molecule has 0 radical (unpaired) electrons. The van der Waals surface area contributed by atoms with Gasteiger partial charge in [0.25, 0.3) is 0 Å². The van der Waals surface area contributed by atoms with Crippen molar-refractivity contribution in [2.75, 3.05) is 6.54 Å². The fraction of sp³-hybridized carbons (Fsp3) is 0.333. The summed E-state index contributed by atoms with van der Waals surface area (Å²) in [7, 11) is 0. The molecule has 0 fully saturated rings. The van der Waals surface area contributed by atoms with Gasteiger partial charge < -0.3 is 26.2 Å². The van der Waals surface area contributed by atoms with E-state index in [0.717, 1.165) is 5.56 Å². The number of amides is 2. The highest BCUT2D eigenvalue weighted by Gasteiger charge is 2.19. The third-order valence-corrected chi connectivity index (χ3v) is 3.34. The van der Waals surface area contributed by atoms with Crippen molar-refractivity contribution in [3.8, 4) is 0 Å². The van der Waals surface area contributed by atoms with E-state index in [2.05, 4.69) is 10.6 Å². The summed E-state index contributed by atoms with van der Waals surface area (Å²) in [6, 6.07) is 8.33. The molecule has 1 aromatic carbocycles. The molecule has 5 N–H and O–H groups in total. The van der Waals surface area contributed by atoms with Crippen LogP contribution in [0.25, 0.3) is 0 Å². The number of nitrogens with two attached hydrogens (primary N) is 1. The number of benzene rings is 1. The van der Waals surface area contributed by atoms with Crippen LogP contribution in [0.1, 0.15) is 18.4 Å². The first kappa shape index (κ1) is 19.4. The van der Waals surface area contributed by atoms with E-state index in [4.69, 9.17) is 27.8 Å². The van der Waals surface area contributed by atoms with Crippen molar-refractivity contribution in [2.24, 2.45) is 5.73 Å². The van der Waals surface area contributed by atoms with Crippen LogP contribution in [0.4, 0.5) is 4.79 Å². The number of hydrogen-bond donors (Lipinski definition) is 4. The summed E-state index contributed by atoms with van der Waals surface area (Å²) in [4.78, 5) is 33.4. The molecular formula is C15H19N3O5S. The number of hydrogen-bond acceptors (Lipinski definition) is 5. The van der Waals surface area contributed by atoms with E-state index in [9.17, 15) is 14.4 Å². The number of rotatable bonds is 9. The summed E-state index contributed by atoms with van der Waals surface area (Å²) >= 11 is 5.05. The second-order valence-electron chi connectivity index (χ2n) is 4.88. The average molecular weight is 353 g/mol. The number of carboxylic acids is 1. The lowest BCUT2D eigenvalue weighted by molar-refractivity contribution is -0.135. The van der Waals surface area contributed by atoms with E-state index in [0.29, 0.717) is 0 Å². The third kappa shape index (κ3) is 8.08. The van der Waals surface area contributed by atoms with Crippen LogP contribution in [-0.4, -0.2) is 40.7 Å². The number of nitrogens with one attached hydrogen (secondary N) is 2.